The smallest absolute Gasteiger partial charge is 0.326 e. The number of nitrogens with one attached hydrogen (secondary N) is 1. The first kappa shape index (κ1) is 12.2. The number of carboxylic acid groups (broad SMARTS) is 1. The van der Waals surface area contributed by atoms with Crippen molar-refractivity contribution in [1.82, 2.24) is 10.3 Å². The number of amides is 1. The van der Waals surface area contributed by atoms with Crippen molar-refractivity contribution in [3.8, 4) is 0 Å². The number of rotatable bonds is 4. The zero-order valence-electron chi connectivity index (χ0n) is 9.23. The lowest BCUT2D eigenvalue weighted by Crippen LogP contribution is -2.40. The highest BCUT2D eigenvalue weighted by Crippen LogP contribution is 2.02. The molecule has 1 rings (SSSR count). The van der Waals surface area contributed by atoms with Crippen LogP contribution >= 0.6 is 0 Å². The first-order chi connectivity index (χ1) is 7.54. The van der Waals surface area contributed by atoms with Crippen molar-refractivity contribution in [3.63, 3.8) is 0 Å². The number of carbonyl (C=O) groups is 2. The summed E-state index contributed by atoms with van der Waals surface area (Å²) in [7, 11) is 0. The monoisotopic (exact) mass is 222 g/mol. The van der Waals surface area contributed by atoms with Crippen LogP contribution in [0, 0.1) is 6.92 Å². The van der Waals surface area contributed by atoms with Gasteiger partial charge in [-0.25, -0.2) is 4.79 Å². The van der Waals surface area contributed by atoms with Gasteiger partial charge < -0.3 is 10.4 Å². The molecule has 0 fully saturated rings. The number of hydrogen-bond donors (Lipinski definition) is 2. The number of hydrogen-bond acceptors (Lipinski definition) is 3. The Labute approximate surface area is 93.5 Å². The van der Waals surface area contributed by atoms with Crippen LogP contribution in [0.3, 0.4) is 0 Å². The van der Waals surface area contributed by atoms with E-state index in [1.54, 1.807) is 26.0 Å². The largest absolute Gasteiger partial charge is 0.480 e. The fourth-order valence-electron chi connectivity index (χ4n) is 1.27. The van der Waals surface area contributed by atoms with E-state index in [1.165, 1.54) is 6.20 Å². The van der Waals surface area contributed by atoms with Gasteiger partial charge in [-0.3, -0.25) is 9.78 Å². The van der Waals surface area contributed by atoms with Gasteiger partial charge in [0.1, 0.15) is 6.04 Å². The summed E-state index contributed by atoms with van der Waals surface area (Å²) in [6.45, 7) is 3.47. The fourth-order valence-corrected chi connectivity index (χ4v) is 1.27. The lowest BCUT2D eigenvalue weighted by atomic mass is 10.2. The van der Waals surface area contributed by atoms with Gasteiger partial charge in [0, 0.05) is 17.5 Å². The zero-order chi connectivity index (χ0) is 12.1. The van der Waals surface area contributed by atoms with Gasteiger partial charge in [0.2, 0.25) is 0 Å². The van der Waals surface area contributed by atoms with Gasteiger partial charge in [-0.05, 0) is 25.5 Å². The lowest BCUT2D eigenvalue weighted by molar-refractivity contribution is -0.139. The van der Waals surface area contributed by atoms with Crippen molar-refractivity contribution in [2.45, 2.75) is 26.3 Å². The molecule has 0 radical (unpaired) electrons. The molecule has 1 heterocycles. The summed E-state index contributed by atoms with van der Waals surface area (Å²) in [4.78, 5) is 26.4. The molecule has 0 aliphatic rings. The summed E-state index contributed by atoms with van der Waals surface area (Å²) in [5.74, 6) is -1.42. The topological polar surface area (TPSA) is 79.3 Å². The van der Waals surface area contributed by atoms with Gasteiger partial charge >= 0.3 is 5.97 Å². The van der Waals surface area contributed by atoms with Crippen molar-refractivity contribution < 1.29 is 14.7 Å². The second-order valence-corrected chi connectivity index (χ2v) is 3.46. The Morgan fingerprint density at radius 1 is 1.56 bits per heavy atom. The van der Waals surface area contributed by atoms with E-state index in [-0.39, 0.29) is 5.91 Å². The van der Waals surface area contributed by atoms with E-state index in [4.69, 9.17) is 5.11 Å². The maximum Gasteiger partial charge on any atom is 0.326 e. The summed E-state index contributed by atoms with van der Waals surface area (Å²) < 4.78 is 0. The normalized spacial score (nSPS) is 11.9. The molecule has 0 aliphatic heterocycles. The molecule has 1 atom stereocenters. The number of carbonyl (C=O) groups excluding carboxylic acids is 1. The Kier molecular flexibility index (Phi) is 3.99. The number of aliphatic carboxylic acids is 1. The van der Waals surface area contributed by atoms with Gasteiger partial charge in [-0.2, -0.15) is 0 Å². The highest BCUT2D eigenvalue weighted by Gasteiger charge is 2.18. The van der Waals surface area contributed by atoms with Crippen LogP contribution in [0.5, 0.6) is 0 Å². The van der Waals surface area contributed by atoms with E-state index >= 15 is 0 Å². The van der Waals surface area contributed by atoms with Crippen molar-refractivity contribution in [2.24, 2.45) is 0 Å². The molecule has 1 aromatic heterocycles. The molecule has 0 bridgehead atoms. The summed E-state index contributed by atoms with van der Waals surface area (Å²) in [5, 5.41) is 11.2. The Morgan fingerprint density at radius 3 is 2.75 bits per heavy atom. The molecular weight excluding hydrogens is 208 g/mol. The van der Waals surface area contributed by atoms with Crippen molar-refractivity contribution in [2.75, 3.05) is 0 Å². The molecule has 5 heteroatoms. The third kappa shape index (κ3) is 3.05. The zero-order valence-corrected chi connectivity index (χ0v) is 9.23. The Balaban J connectivity index is 2.75. The van der Waals surface area contributed by atoms with E-state index in [9.17, 15) is 9.59 Å². The minimum absolute atomic E-state index is 0.352. The molecule has 1 aromatic rings. The van der Waals surface area contributed by atoms with Crippen molar-refractivity contribution in [1.29, 1.82) is 0 Å². The van der Waals surface area contributed by atoms with Crippen LogP contribution in [0.1, 0.15) is 29.4 Å². The minimum atomic E-state index is -1.03. The summed E-state index contributed by atoms with van der Waals surface area (Å²) in [6, 6.07) is 2.32. The summed E-state index contributed by atoms with van der Waals surface area (Å²) in [5.41, 5.74) is 1.14. The number of aryl methyl sites for hydroxylation is 1. The average molecular weight is 222 g/mol. The third-order valence-electron chi connectivity index (χ3n) is 2.17. The minimum Gasteiger partial charge on any atom is -0.480 e. The first-order valence-corrected chi connectivity index (χ1v) is 5.01. The molecule has 0 aromatic carbocycles. The van der Waals surface area contributed by atoms with Crippen LogP contribution in [-0.2, 0) is 4.79 Å². The van der Waals surface area contributed by atoms with Gasteiger partial charge in [-0.1, -0.05) is 6.92 Å². The molecular formula is C11H14N2O3. The van der Waals surface area contributed by atoms with Crippen LogP contribution in [0.4, 0.5) is 0 Å². The molecule has 1 amide bonds. The Morgan fingerprint density at radius 2 is 2.25 bits per heavy atom. The van der Waals surface area contributed by atoms with Crippen LogP contribution in [0.15, 0.2) is 18.3 Å². The van der Waals surface area contributed by atoms with Gasteiger partial charge in [0.25, 0.3) is 5.91 Å². The van der Waals surface area contributed by atoms with Gasteiger partial charge in [0.05, 0.1) is 0 Å². The molecule has 0 aliphatic carbocycles. The molecule has 2 N–H and O–H groups in total. The molecule has 86 valence electrons. The van der Waals surface area contributed by atoms with E-state index < -0.39 is 12.0 Å². The molecule has 16 heavy (non-hydrogen) atoms. The summed E-state index contributed by atoms with van der Waals surface area (Å²) >= 11 is 0. The molecule has 1 unspecified atom stereocenters. The van der Waals surface area contributed by atoms with E-state index in [0.717, 1.165) is 5.69 Å². The number of pyridine rings is 1. The van der Waals surface area contributed by atoms with Crippen LogP contribution in [-0.4, -0.2) is 28.0 Å². The highest BCUT2D eigenvalue weighted by molar-refractivity contribution is 5.96. The van der Waals surface area contributed by atoms with Crippen molar-refractivity contribution >= 4 is 11.9 Å². The SMILES string of the molecule is CCC(NC(=O)c1ccnc(C)c1)C(=O)O. The Bertz CT molecular complexity index is 404. The van der Waals surface area contributed by atoms with Gasteiger partial charge in [-0.15, -0.1) is 0 Å². The second-order valence-electron chi connectivity index (χ2n) is 3.46. The van der Waals surface area contributed by atoms with E-state index in [2.05, 4.69) is 10.3 Å². The fraction of sp³-hybridized carbons (Fsp3) is 0.364. The Hall–Kier alpha value is -1.91. The third-order valence-corrected chi connectivity index (χ3v) is 2.17. The molecule has 5 nitrogen and oxygen atoms in total. The van der Waals surface area contributed by atoms with Crippen LogP contribution in [0.25, 0.3) is 0 Å². The van der Waals surface area contributed by atoms with Crippen molar-refractivity contribution in [3.05, 3.63) is 29.6 Å². The van der Waals surface area contributed by atoms with E-state index in [0.29, 0.717) is 12.0 Å². The number of nitrogens with zero attached hydrogens (tertiary/aromatic N) is 1. The number of aromatic nitrogens is 1. The number of carboxylic acids is 1. The van der Waals surface area contributed by atoms with E-state index in [1.807, 2.05) is 0 Å². The first-order valence-electron chi connectivity index (χ1n) is 5.01. The highest BCUT2D eigenvalue weighted by atomic mass is 16.4. The average Bonchev–Trinajstić information content (AvgIpc) is 2.25. The predicted molar refractivity (Wildman–Crippen MR) is 58.2 cm³/mol. The summed E-state index contributed by atoms with van der Waals surface area (Å²) in [6.07, 6.45) is 1.87. The van der Waals surface area contributed by atoms with Gasteiger partial charge in [0.15, 0.2) is 0 Å². The molecule has 0 saturated heterocycles. The molecule has 0 spiro atoms. The predicted octanol–water partition coefficient (Wildman–Crippen LogP) is 0.983. The van der Waals surface area contributed by atoms with Crippen LogP contribution in [0.2, 0.25) is 0 Å². The van der Waals surface area contributed by atoms with Crippen LogP contribution < -0.4 is 5.32 Å². The second kappa shape index (κ2) is 5.25. The maximum atomic E-state index is 11.7. The standard InChI is InChI=1S/C11H14N2O3/c1-3-9(11(15)16)13-10(14)8-4-5-12-7(2)6-8/h4-6,9H,3H2,1-2H3,(H,13,14)(H,15,16). The quantitative estimate of drug-likeness (QED) is 0.796. The molecule has 0 saturated carbocycles. The lowest BCUT2D eigenvalue weighted by Gasteiger charge is -2.12. The maximum absolute atomic E-state index is 11.7.